The van der Waals surface area contributed by atoms with Gasteiger partial charge in [0.05, 0.1) is 12.6 Å². The zero-order valence-electron chi connectivity index (χ0n) is 15.5. The average molecular weight is 355 g/mol. The summed E-state index contributed by atoms with van der Waals surface area (Å²) in [5.41, 5.74) is 3.08. The number of anilines is 2. The highest BCUT2D eigenvalue weighted by atomic mass is 16.2. The van der Waals surface area contributed by atoms with Gasteiger partial charge in [-0.2, -0.15) is 0 Å². The zero-order valence-corrected chi connectivity index (χ0v) is 15.5. The molecule has 2 rings (SSSR count). The van der Waals surface area contributed by atoms with Crippen LogP contribution in [0.1, 0.15) is 24.2 Å². The number of pyridine rings is 1. The molecule has 0 spiro atoms. The third-order valence-corrected chi connectivity index (χ3v) is 3.65. The SMILES string of the molecule is Cc1ccc([C@@H](C)NC(=O)Nc2cccc(NC(=O)CN(C)C)c2)cn1. The Labute approximate surface area is 153 Å². The van der Waals surface area contributed by atoms with Crippen molar-refractivity contribution in [3.63, 3.8) is 0 Å². The minimum absolute atomic E-state index is 0.114. The van der Waals surface area contributed by atoms with Gasteiger partial charge < -0.3 is 20.9 Å². The first-order valence-corrected chi connectivity index (χ1v) is 8.38. The number of rotatable bonds is 6. The number of benzene rings is 1. The summed E-state index contributed by atoms with van der Waals surface area (Å²) >= 11 is 0. The second kappa shape index (κ2) is 8.96. The molecule has 138 valence electrons. The van der Waals surface area contributed by atoms with Crippen molar-refractivity contribution >= 4 is 23.3 Å². The smallest absolute Gasteiger partial charge is 0.319 e. The monoisotopic (exact) mass is 355 g/mol. The summed E-state index contributed by atoms with van der Waals surface area (Å²) in [5, 5.41) is 8.44. The highest BCUT2D eigenvalue weighted by Crippen LogP contribution is 2.16. The lowest BCUT2D eigenvalue weighted by Crippen LogP contribution is -2.31. The minimum atomic E-state index is -0.324. The van der Waals surface area contributed by atoms with Crippen LogP contribution < -0.4 is 16.0 Å². The molecule has 3 N–H and O–H groups in total. The van der Waals surface area contributed by atoms with Gasteiger partial charge in [-0.1, -0.05) is 12.1 Å². The number of urea groups is 1. The molecular weight excluding hydrogens is 330 g/mol. The van der Waals surface area contributed by atoms with Crippen LogP contribution in [0.15, 0.2) is 42.6 Å². The Hall–Kier alpha value is -2.93. The number of nitrogens with one attached hydrogen (secondary N) is 3. The van der Waals surface area contributed by atoms with Crippen molar-refractivity contribution in [2.24, 2.45) is 0 Å². The van der Waals surface area contributed by atoms with Crippen LogP contribution in [0.25, 0.3) is 0 Å². The summed E-state index contributed by atoms with van der Waals surface area (Å²) in [6.07, 6.45) is 1.75. The number of hydrogen-bond donors (Lipinski definition) is 3. The molecule has 1 heterocycles. The number of aromatic nitrogens is 1. The predicted molar refractivity (Wildman–Crippen MR) is 103 cm³/mol. The molecule has 1 atom stereocenters. The first-order chi connectivity index (χ1) is 12.3. The number of amides is 3. The van der Waals surface area contributed by atoms with E-state index in [1.807, 2.05) is 40.1 Å². The number of carbonyl (C=O) groups is 2. The maximum atomic E-state index is 12.2. The minimum Gasteiger partial charge on any atom is -0.331 e. The number of hydrogen-bond acceptors (Lipinski definition) is 4. The van der Waals surface area contributed by atoms with Gasteiger partial charge in [0, 0.05) is 23.3 Å². The Morgan fingerprint density at radius 1 is 1.12 bits per heavy atom. The standard InChI is InChI=1S/C19H25N5O2/c1-13-8-9-15(11-20-13)14(2)21-19(26)23-17-7-5-6-16(10-17)22-18(25)12-24(3)4/h5-11,14H,12H2,1-4H3,(H,22,25)(H2,21,23,26)/t14-/m1/s1. The van der Waals surface area contributed by atoms with E-state index in [4.69, 9.17) is 0 Å². The van der Waals surface area contributed by atoms with Gasteiger partial charge in [-0.05, 0) is 57.8 Å². The first-order valence-electron chi connectivity index (χ1n) is 8.38. The Balaban J connectivity index is 1.93. The van der Waals surface area contributed by atoms with E-state index >= 15 is 0 Å². The largest absolute Gasteiger partial charge is 0.331 e. The lowest BCUT2D eigenvalue weighted by atomic mass is 10.1. The quantitative estimate of drug-likeness (QED) is 0.744. The lowest BCUT2D eigenvalue weighted by Gasteiger charge is -2.15. The first kappa shape index (κ1) is 19.4. The van der Waals surface area contributed by atoms with Gasteiger partial charge in [-0.15, -0.1) is 0 Å². The van der Waals surface area contributed by atoms with Crippen LogP contribution in [-0.4, -0.2) is 42.5 Å². The van der Waals surface area contributed by atoms with Crippen LogP contribution in [-0.2, 0) is 4.79 Å². The predicted octanol–water partition coefficient (Wildman–Crippen LogP) is 2.77. The van der Waals surface area contributed by atoms with Crippen molar-refractivity contribution in [1.29, 1.82) is 0 Å². The summed E-state index contributed by atoms with van der Waals surface area (Å²) < 4.78 is 0. The molecule has 26 heavy (non-hydrogen) atoms. The van der Waals surface area contributed by atoms with E-state index in [1.165, 1.54) is 0 Å². The lowest BCUT2D eigenvalue weighted by molar-refractivity contribution is -0.116. The van der Waals surface area contributed by atoms with Crippen LogP contribution >= 0.6 is 0 Å². The van der Waals surface area contributed by atoms with E-state index in [0.29, 0.717) is 17.9 Å². The van der Waals surface area contributed by atoms with E-state index < -0.39 is 0 Å². The van der Waals surface area contributed by atoms with E-state index in [-0.39, 0.29) is 18.0 Å². The van der Waals surface area contributed by atoms with Gasteiger partial charge in [-0.3, -0.25) is 9.78 Å². The van der Waals surface area contributed by atoms with Gasteiger partial charge in [0.15, 0.2) is 0 Å². The molecule has 0 saturated carbocycles. The molecule has 2 aromatic rings. The van der Waals surface area contributed by atoms with Crippen molar-refractivity contribution in [2.75, 3.05) is 31.3 Å². The average Bonchev–Trinajstić information content (AvgIpc) is 2.54. The van der Waals surface area contributed by atoms with E-state index in [2.05, 4.69) is 20.9 Å². The molecule has 0 radical (unpaired) electrons. The normalized spacial score (nSPS) is 11.7. The molecular formula is C19H25N5O2. The molecule has 0 aliphatic carbocycles. The summed E-state index contributed by atoms with van der Waals surface area (Å²) in [5.74, 6) is -0.114. The van der Waals surface area contributed by atoms with Crippen LogP contribution in [0.5, 0.6) is 0 Å². The number of carbonyl (C=O) groups excluding carboxylic acids is 2. The van der Waals surface area contributed by atoms with E-state index in [0.717, 1.165) is 11.3 Å². The van der Waals surface area contributed by atoms with E-state index in [1.54, 1.807) is 35.4 Å². The van der Waals surface area contributed by atoms with Gasteiger partial charge in [0.25, 0.3) is 0 Å². The molecule has 0 saturated heterocycles. The summed E-state index contributed by atoms with van der Waals surface area (Å²) in [4.78, 5) is 30.0. The van der Waals surface area contributed by atoms with Gasteiger partial charge >= 0.3 is 6.03 Å². The fourth-order valence-electron chi connectivity index (χ4n) is 2.34. The van der Waals surface area contributed by atoms with Crippen molar-refractivity contribution in [2.45, 2.75) is 19.9 Å². The Morgan fingerprint density at radius 2 is 1.81 bits per heavy atom. The van der Waals surface area contributed by atoms with Crippen molar-refractivity contribution in [3.8, 4) is 0 Å². The molecule has 0 aliphatic heterocycles. The topological polar surface area (TPSA) is 86.4 Å². The van der Waals surface area contributed by atoms with Crippen LogP contribution in [0, 0.1) is 6.92 Å². The van der Waals surface area contributed by atoms with Gasteiger partial charge in [0.1, 0.15) is 0 Å². The van der Waals surface area contributed by atoms with Crippen molar-refractivity contribution < 1.29 is 9.59 Å². The van der Waals surface area contributed by atoms with E-state index in [9.17, 15) is 9.59 Å². The Kier molecular flexibility index (Phi) is 6.68. The second-order valence-electron chi connectivity index (χ2n) is 6.42. The summed E-state index contributed by atoms with van der Waals surface area (Å²) in [7, 11) is 3.65. The van der Waals surface area contributed by atoms with Gasteiger partial charge in [0.2, 0.25) is 5.91 Å². The summed E-state index contributed by atoms with van der Waals surface area (Å²) in [6.45, 7) is 4.10. The zero-order chi connectivity index (χ0) is 19.1. The van der Waals surface area contributed by atoms with Crippen LogP contribution in [0.2, 0.25) is 0 Å². The third kappa shape index (κ3) is 6.18. The molecule has 1 aromatic carbocycles. The number of likely N-dealkylation sites (N-methyl/N-ethyl adjacent to an activating group) is 1. The molecule has 0 aliphatic rings. The number of aryl methyl sites for hydroxylation is 1. The fourth-order valence-corrected chi connectivity index (χ4v) is 2.34. The molecule has 3 amide bonds. The molecule has 0 unspecified atom stereocenters. The maximum absolute atomic E-state index is 12.2. The second-order valence-corrected chi connectivity index (χ2v) is 6.42. The number of nitrogens with zero attached hydrogens (tertiary/aromatic N) is 2. The van der Waals surface area contributed by atoms with Crippen LogP contribution in [0.3, 0.4) is 0 Å². The Bertz CT molecular complexity index is 759. The molecule has 0 bridgehead atoms. The molecule has 7 nitrogen and oxygen atoms in total. The van der Waals surface area contributed by atoms with Gasteiger partial charge in [-0.25, -0.2) is 4.79 Å². The molecule has 0 fully saturated rings. The Morgan fingerprint density at radius 3 is 2.42 bits per heavy atom. The van der Waals surface area contributed by atoms with Crippen LogP contribution in [0.4, 0.5) is 16.2 Å². The van der Waals surface area contributed by atoms with Crippen molar-refractivity contribution in [3.05, 3.63) is 53.9 Å². The fraction of sp³-hybridized carbons (Fsp3) is 0.316. The summed E-state index contributed by atoms with van der Waals surface area (Å²) in [6, 6.07) is 10.4. The molecule has 1 aromatic heterocycles. The highest BCUT2D eigenvalue weighted by Gasteiger charge is 2.10. The molecule has 7 heteroatoms. The third-order valence-electron chi connectivity index (χ3n) is 3.65. The highest BCUT2D eigenvalue weighted by molar-refractivity contribution is 5.94. The van der Waals surface area contributed by atoms with Crippen molar-refractivity contribution in [1.82, 2.24) is 15.2 Å². The maximum Gasteiger partial charge on any atom is 0.319 e.